The van der Waals surface area contributed by atoms with E-state index in [1.54, 1.807) is 31.4 Å². The molecule has 0 bridgehead atoms. The van der Waals surface area contributed by atoms with Crippen LogP contribution >= 0.6 is 0 Å². The van der Waals surface area contributed by atoms with E-state index in [0.29, 0.717) is 11.6 Å². The lowest BCUT2D eigenvalue weighted by Crippen LogP contribution is -2.12. The number of amides is 1. The molecular weight excluding hydrogens is 371 g/mol. The summed E-state index contributed by atoms with van der Waals surface area (Å²) in [5.74, 6) is -0.0477. The Labute approximate surface area is 158 Å². The van der Waals surface area contributed by atoms with Gasteiger partial charge in [0.05, 0.1) is 12.0 Å². The number of aromatic nitrogens is 2. The summed E-state index contributed by atoms with van der Waals surface area (Å²) >= 11 is 0. The van der Waals surface area contributed by atoms with Crippen LogP contribution in [0.25, 0.3) is 11.4 Å². The van der Waals surface area contributed by atoms with E-state index in [9.17, 15) is 19.3 Å². The number of halogens is 1. The van der Waals surface area contributed by atoms with Gasteiger partial charge < -0.3 is 14.6 Å². The SMILES string of the molecule is COc1ccc(-c2noc(CCC(=O)Nc3ccc(F)c([N+](=O)[O-])c3)n2)cc1. The van der Waals surface area contributed by atoms with E-state index in [-0.39, 0.29) is 24.4 Å². The van der Waals surface area contributed by atoms with E-state index in [0.717, 1.165) is 17.7 Å². The van der Waals surface area contributed by atoms with Crippen molar-refractivity contribution < 1.29 is 23.4 Å². The average molecular weight is 386 g/mol. The van der Waals surface area contributed by atoms with Crippen LogP contribution in [0, 0.1) is 15.9 Å². The molecule has 0 aliphatic rings. The lowest BCUT2D eigenvalue weighted by molar-refractivity contribution is -0.387. The maximum atomic E-state index is 13.3. The number of hydrogen-bond acceptors (Lipinski definition) is 7. The molecule has 0 unspecified atom stereocenters. The predicted molar refractivity (Wildman–Crippen MR) is 96.3 cm³/mol. The molecular formula is C18H15FN4O5. The summed E-state index contributed by atoms with van der Waals surface area (Å²) in [7, 11) is 1.57. The Morgan fingerprint density at radius 2 is 2.04 bits per heavy atom. The number of anilines is 1. The quantitative estimate of drug-likeness (QED) is 0.488. The first-order chi connectivity index (χ1) is 13.5. The van der Waals surface area contributed by atoms with E-state index in [4.69, 9.17) is 9.26 Å². The molecule has 0 saturated carbocycles. The van der Waals surface area contributed by atoms with Crippen LogP contribution in [0.1, 0.15) is 12.3 Å². The minimum atomic E-state index is -0.972. The number of rotatable bonds is 7. The fraction of sp³-hybridized carbons (Fsp3) is 0.167. The maximum absolute atomic E-state index is 13.3. The highest BCUT2D eigenvalue weighted by atomic mass is 19.1. The van der Waals surface area contributed by atoms with Crippen molar-refractivity contribution in [1.82, 2.24) is 10.1 Å². The topological polar surface area (TPSA) is 120 Å². The Morgan fingerprint density at radius 1 is 1.29 bits per heavy atom. The molecule has 0 aliphatic heterocycles. The van der Waals surface area contributed by atoms with E-state index >= 15 is 0 Å². The van der Waals surface area contributed by atoms with Crippen LogP contribution in [-0.4, -0.2) is 28.1 Å². The number of carbonyl (C=O) groups is 1. The summed E-state index contributed by atoms with van der Waals surface area (Å²) < 4.78 is 23.5. The Hall–Kier alpha value is -3.82. The summed E-state index contributed by atoms with van der Waals surface area (Å²) in [4.78, 5) is 26.1. The summed E-state index contributed by atoms with van der Waals surface area (Å²) in [5, 5.41) is 17.1. The van der Waals surface area contributed by atoms with Crippen molar-refractivity contribution >= 4 is 17.3 Å². The number of nitrogens with one attached hydrogen (secondary N) is 1. The molecule has 2 aromatic carbocycles. The van der Waals surface area contributed by atoms with Crippen LogP contribution in [0.4, 0.5) is 15.8 Å². The Morgan fingerprint density at radius 3 is 2.71 bits per heavy atom. The van der Waals surface area contributed by atoms with Gasteiger partial charge in [0.1, 0.15) is 5.75 Å². The first-order valence-electron chi connectivity index (χ1n) is 8.17. The van der Waals surface area contributed by atoms with E-state index in [1.807, 2.05) is 0 Å². The van der Waals surface area contributed by atoms with Crippen LogP contribution in [0.2, 0.25) is 0 Å². The van der Waals surface area contributed by atoms with Crippen LogP contribution in [-0.2, 0) is 11.2 Å². The first-order valence-corrected chi connectivity index (χ1v) is 8.17. The fourth-order valence-corrected chi connectivity index (χ4v) is 2.39. The number of nitrogens with zero attached hydrogens (tertiary/aromatic N) is 3. The molecule has 1 amide bonds. The van der Waals surface area contributed by atoms with Crippen molar-refractivity contribution in [1.29, 1.82) is 0 Å². The second kappa shape index (κ2) is 8.25. The van der Waals surface area contributed by atoms with Gasteiger partial charge in [-0.3, -0.25) is 14.9 Å². The van der Waals surface area contributed by atoms with Crippen molar-refractivity contribution in [3.8, 4) is 17.1 Å². The van der Waals surface area contributed by atoms with Crippen LogP contribution in [0.5, 0.6) is 5.75 Å². The molecule has 28 heavy (non-hydrogen) atoms. The number of nitro groups is 1. The fourth-order valence-electron chi connectivity index (χ4n) is 2.39. The molecule has 0 atom stereocenters. The largest absolute Gasteiger partial charge is 0.497 e. The smallest absolute Gasteiger partial charge is 0.306 e. The number of nitro benzene ring substituents is 1. The van der Waals surface area contributed by atoms with Gasteiger partial charge in [0.2, 0.25) is 23.4 Å². The second-order valence-electron chi connectivity index (χ2n) is 5.71. The zero-order valence-electron chi connectivity index (χ0n) is 14.7. The highest BCUT2D eigenvalue weighted by Gasteiger charge is 2.16. The second-order valence-corrected chi connectivity index (χ2v) is 5.71. The molecule has 0 saturated heterocycles. The minimum absolute atomic E-state index is 0.00935. The molecule has 1 heterocycles. The van der Waals surface area contributed by atoms with E-state index < -0.39 is 22.3 Å². The Kier molecular flexibility index (Phi) is 5.58. The van der Waals surface area contributed by atoms with Crippen LogP contribution < -0.4 is 10.1 Å². The summed E-state index contributed by atoms with van der Waals surface area (Å²) in [6.45, 7) is 0. The van der Waals surface area contributed by atoms with E-state index in [2.05, 4.69) is 15.5 Å². The van der Waals surface area contributed by atoms with Gasteiger partial charge in [-0.1, -0.05) is 5.16 Å². The normalized spacial score (nSPS) is 10.5. The lowest BCUT2D eigenvalue weighted by atomic mass is 10.2. The third kappa shape index (κ3) is 4.47. The Bertz CT molecular complexity index is 1000. The predicted octanol–water partition coefficient (Wildman–Crippen LogP) is 3.36. The van der Waals surface area contributed by atoms with Crippen LogP contribution in [0.15, 0.2) is 47.0 Å². The van der Waals surface area contributed by atoms with Crippen molar-refractivity contribution in [3.63, 3.8) is 0 Å². The molecule has 0 radical (unpaired) electrons. The number of methoxy groups -OCH3 is 1. The third-order valence-corrected chi connectivity index (χ3v) is 3.81. The number of aryl methyl sites for hydroxylation is 1. The Balaban J connectivity index is 1.58. The minimum Gasteiger partial charge on any atom is -0.497 e. The molecule has 10 heteroatoms. The summed E-state index contributed by atoms with van der Waals surface area (Å²) in [6, 6.07) is 10.2. The van der Waals surface area contributed by atoms with Gasteiger partial charge in [0, 0.05) is 30.2 Å². The van der Waals surface area contributed by atoms with E-state index in [1.165, 1.54) is 6.07 Å². The molecule has 0 aliphatic carbocycles. The van der Waals surface area contributed by atoms with Crippen molar-refractivity contribution in [2.75, 3.05) is 12.4 Å². The molecule has 1 aromatic heterocycles. The van der Waals surface area contributed by atoms with Crippen molar-refractivity contribution in [2.24, 2.45) is 0 Å². The molecule has 0 spiro atoms. The molecule has 0 fully saturated rings. The van der Waals surface area contributed by atoms with Gasteiger partial charge in [-0.15, -0.1) is 0 Å². The van der Waals surface area contributed by atoms with Crippen molar-refractivity contribution in [2.45, 2.75) is 12.8 Å². The maximum Gasteiger partial charge on any atom is 0.306 e. The standard InChI is InChI=1S/C18H15FN4O5/c1-27-13-5-2-11(3-6-13)18-21-17(28-22-18)9-8-16(24)20-12-4-7-14(19)15(10-12)23(25)26/h2-7,10H,8-9H2,1H3,(H,20,24). The highest BCUT2D eigenvalue weighted by Crippen LogP contribution is 2.22. The van der Waals surface area contributed by atoms with Gasteiger partial charge in [0.25, 0.3) is 0 Å². The summed E-state index contributed by atoms with van der Waals surface area (Å²) in [6.07, 6.45) is 0.188. The van der Waals surface area contributed by atoms with Gasteiger partial charge in [-0.05, 0) is 36.4 Å². The van der Waals surface area contributed by atoms with Gasteiger partial charge in [-0.25, -0.2) is 0 Å². The highest BCUT2D eigenvalue weighted by molar-refractivity contribution is 5.91. The van der Waals surface area contributed by atoms with Crippen LogP contribution in [0.3, 0.4) is 0 Å². The summed E-state index contributed by atoms with van der Waals surface area (Å²) in [5.41, 5.74) is 0.153. The van der Waals surface area contributed by atoms with Crippen molar-refractivity contribution in [3.05, 3.63) is 64.3 Å². The zero-order valence-corrected chi connectivity index (χ0v) is 14.7. The number of hydrogen-bond donors (Lipinski definition) is 1. The lowest BCUT2D eigenvalue weighted by Gasteiger charge is -2.04. The molecule has 3 rings (SSSR count). The molecule has 9 nitrogen and oxygen atoms in total. The molecule has 1 N–H and O–H groups in total. The zero-order chi connectivity index (χ0) is 20.1. The number of carbonyl (C=O) groups excluding carboxylic acids is 1. The van der Waals surface area contributed by atoms with Gasteiger partial charge in [0.15, 0.2) is 0 Å². The number of benzene rings is 2. The monoisotopic (exact) mass is 386 g/mol. The molecule has 144 valence electrons. The third-order valence-electron chi connectivity index (χ3n) is 3.81. The average Bonchev–Trinajstić information content (AvgIpc) is 3.17. The number of ether oxygens (including phenoxy) is 1. The molecule has 3 aromatic rings. The van der Waals surface area contributed by atoms with Gasteiger partial charge >= 0.3 is 5.69 Å². The van der Waals surface area contributed by atoms with Gasteiger partial charge in [-0.2, -0.15) is 9.37 Å². The first kappa shape index (κ1) is 19.0.